The Hall–Kier alpha value is -2.22. The molecule has 3 amide bonds. The standard InChI is InChI=1S/C14H15N3O4S/c1-8-13(19)16-10-6-9(2-3-11(10)21-8)15-12(18)7-17-4-5-22-14(17)20/h2-3,6,8H,4-5,7H2,1H3,(H,15,18)(H,16,19)/t8-/m1/s1. The zero-order valence-corrected chi connectivity index (χ0v) is 12.7. The fraction of sp³-hybridized carbons (Fsp3) is 0.357. The number of thioether (sulfide) groups is 1. The van der Waals surface area contributed by atoms with Crippen molar-refractivity contribution in [2.24, 2.45) is 0 Å². The van der Waals surface area contributed by atoms with Crippen LogP contribution in [0, 0.1) is 0 Å². The van der Waals surface area contributed by atoms with Gasteiger partial charge in [-0.05, 0) is 25.1 Å². The van der Waals surface area contributed by atoms with Crippen molar-refractivity contribution in [1.29, 1.82) is 0 Å². The zero-order valence-electron chi connectivity index (χ0n) is 11.9. The minimum absolute atomic E-state index is 0.0306. The highest BCUT2D eigenvalue weighted by atomic mass is 32.2. The SMILES string of the molecule is C[C@H]1Oc2ccc(NC(=O)CN3CCSC3=O)cc2NC1=O. The molecule has 2 N–H and O–H groups in total. The molecule has 7 nitrogen and oxygen atoms in total. The number of rotatable bonds is 3. The van der Waals surface area contributed by atoms with Crippen LogP contribution in [0.25, 0.3) is 0 Å². The monoisotopic (exact) mass is 321 g/mol. The summed E-state index contributed by atoms with van der Waals surface area (Å²) in [5, 5.41) is 5.36. The molecule has 1 fully saturated rings. The second-order valence-corrected chi connectivity index (χ2v) is 6.09. The van der Waals surface area contributed by atoms with E-state index >= 15 is 0 Å². The Kier molecular flexibility index (Phi) is 3.93. The van der Waals surface area contributed by atoms with Crippen LogP contribution in [0.4, 0.5) is 16.2 Å². The Morgan fingerprint density at radius 3 is 3.05 bits per heavy atom. The summed E-state index contributed by atoms with van der Waals surface area (Å²) < 4.78 is 5.45. The summed E-state index contributed by atoms with van der Waals surface area (Å²) in [6.07, 6.45) is -0.536. The van der Waals surface area contributed by atoms with Gasteiger partial charge in [0.15, 0.2) is 6.10 Å². The molecule has 0 spiro atoms. The van der Waals surface area contributed by atoms with E-state index in [1.165, 1.54) is 16.7 Å². The van der Waals surface area contributed by atoms with E-state index in [0.717, 1.165) is 0 Å². The predicted molar refractivity (Wildman–Crippen MR) is 83.2 cm³/mol. The van der Waals surface area contributed by atoms with Crippen LogP contribution < -0.4 is 15.4 Å². The number of anilines is 2. The highest BCUT2D eigenvalue weighted by molar-refractivity contribution is 8.13. The molecule has 8 heteroatoms. The highest BCUT2D eigenvalue weighted by Crippen LogP contribution is 2.32. The van der Waals surface area contributed by atoms with Gasteiger partial charge in [0.2, 0.25) is 5.91 Å². The van der Waals surface area contributed by atoms with Crippen LogP contribution >= 0.6 is 11.8 Å². The lowest BCUT2D eigenvalue weighted by Crippen LogP contribution is -2.34. The highest BCUT2D eigenvalue weighted by Gasteiger charge is 2.25. The number of benzene rings is 1. The number of ether oxygens (including phenoxy) is 1. The van der Waals surface area contributed by atoms with Crippen molar-refractivity contribution >= 4 is 40.2 Å². The van der Waals surface area contributed by atoms with Crippen LogP contribution in [0.3, 0.4) is 0 Å². The topological polar surface area (TPSA) is 87.7 Å². The Morgan fingerprint density at radius 2 is 2.32 bits per heavy atom. The molecule has 116 valence electrons. The lowest BCUT2D eigenvalue weighted by Gasteiger charge is -2.23. The minimum Gasteiger partial charge on any atom is -0.479 e. The van der Waals surface area contributed by atoms with E-state index in [1.807, 2.05) is 0 Å². The molecule has 1 aromatic rings. The molecule has 2 aliphatic rings. The summed E-state index contributed by atoms with van der Waals surface area (Å²) in [5.74, 6) is 0.783. The number of hydrogen-bond acceptors (Lipinski definition) is 5. The maximum absolute atomic E-state index is 12.0. The Bertz CT molecular complexity index is 649. The number of nitrogens with one attached hydrogen (secondary N) is 2. The molecule has 1 aromatic carbocycles. The van der Waals surface area contributed by atoms with Crippen LogP contribution in [-0.2, 0) is 9.59 Å². The van der Waals surface area contributed by atoms with Crippen molar-refractivity contribution in [3.8, 4) is 5.75 Å². The van der Waals surface area contributed by atoms with Crippen molar-refractivity contribution in [3.05, 3.63) is 18.2 Å². The maximum atomic E-state index is 12.0. The van der Waals surface area contributed by atoms with Crippen molar-refractivity contribution in [2.75, 3.05) is 29.5 Å². The fourth-order valence-electron chi connectivity index (χ4n) is 2.23. The number of nitrogens with zero attached hydrogens (tertiary/aromatic N) is 1. The lowest BCUT2D eigenvalue weighted by atomic mass is 10.2. The van der Waals surface area contributed by atoms with Gasteiger partial charge < -0.3 is 20.3 Å². The molecule has 0 saturated carbocycles. The van der Waals surface area contributed by atoms with Gasteiger partial charge in [-0.2, -0.15) is 0 Å². The first-order valence-electron chi connectivity index (χ1n) is 6.86. The third-order valence-electron chi connectivity index (χ3n) is 3.37. The largest absolute Gasteiger partial charge is 0.479 e. The molecule has 0 aliphatic carbocycles. The van der Waals surface area contributed by atoms with Crippen molar-refractivity contribution in [2.45, 2.75) is 13.0 Å². The first kappa shape index (κ1) is 14.7. The van der Waals surface area contributed by atoms with Gasteiger partial charge in [-0.15, -0.1) is 0 Å². The number of fused-ring (bicyclic) bond motifs is 1. The average Bonchev–Trinajstić information content (AvgIpc) is 2.86. The van der Waals surface area contributed by atoms with Gasteiger partial charge in [0.1, 0.15) is 12.3 Å². The zero-order chi connectivity index (χ0) is 15.7. The van der Waals surface area contributed by atoms with Crippen LogP contribution in [0.2, 0.25) is 0 Å². The molecular formula is C14H15N3O4S. The van der Waals surface area contributed by atoms with Crippen molar-refractivity contribution in [3.63, 3.8) is 0 Å². The summed E-state index contributed by atoms with van der Waals surface area (Å²) in [4.78, 5) is 36.5. The summed E-state index contributed by atoms with van der Waals surface area (Å²) in [6.45, 7) is 2.28. The molecule has 0 unspecified atom stereocenters. The van der Waals surface area contributed by atoms with Gasteiger partial charge >= 0.3 is 0 Å². The predicted octanol–water partition coefficient (Wildman–Crippen LogP) is 1.51. The van der Waals surface area contributed by atoms with E-state index in [4.69, 9.17) is 4.74 Å². The Morgan fingerprint density at radius 1 is 1.50 bits per heavy atom. The van der Waals surface area contributed by atoms with Crippen LogP contribution in [0.15, 0.2) is 18.2 Å². The van der Waals surface area contributed by atoms with E-state index in [2.05, 4.69) is 10.6 Å². The Balaban J connectivity index is 1.66. The van der Waals surface area contributed by atoms with Crippen molar-refractivity contribution < 1.29 is 19.1 Å². The molecule has 0 radical (unpaired) electrons. The minimum atomic E-state index is -0.536. The molecule has 1 atom stereocenters. The molecule has 0 bridgehead atoms. The number of carbonyl (C=O) groups is 3. The summed E-state index contributed by atoms with van der Waals surface area (Å²) >= 11 is 1.22. The molecule has 0 aromatic heterocycles. The van der Waals surface area contributed by atoms with Crippen molar-refractivity contribution in [1.82, 2.24) is 4.90 Å². The molecule has 2 aliphatic heterocycles. The summed E-state index contributed by atoms with van der Waals surface area (Å²) in [7, 11) is 0. The summed E-state index contributed by atoms with van der Waals surface area (Å²) in [6, 6.07) is 5.02. The third kappa shape index (κ3) is 3.01. The quantitative estimate of drug-likeness (QED) is 0.881. The lowest BCUT2D eigenvalue weighted by molar-refractivity contribution is -0.122. The van der Waals surface area contributed by atoms with E-state index in [9.17, 15) is 14.4 Å². The van der Waals surface area contributed by atoms with Crippen LogP contribution in [-0.4, -0.2) is 46.9 Å². The second-order valence-electron chi connectivity index (χ2n) is 5.04. The molecule has 3 rings (SSSR count). The number of hydrogen-bond donors (Lipinski definition) is 2. The van der Waals surface area contributed by atoms with E-state index < -0.39 is 6.10 Å². The van der Waals surface area contributed by atoms with E-state index in [0.29, 0.717) is 29.4 Å². The number of carbonyl (C=O) groups excluding carboxylic acids is 3. The van der Waals surface area contributed by atoms with Gasteiger partial charge in [0.05, 0.1) is 5.69 Å². The van der Waals surface area contributed by atoms with Gasteiger partial charge in [-0.3, -0.25) is 14.4 Å². The van der Waals surface area contributed by atoms with E-state index in [-0.39, 0.29) is 23.6 Å². The fourth-order valence-corrected chi connectivity index (χ4v) is 3.05. The normalized spacial score (nSPS) is 20.2. The summed E-state index contributed by atoms with van der Waals surface area (Å²) in [5.41, 5.74) is 1.07. The smallest absolute Gasteiger partial charge is 0.282 e. The maximum Gasteiger partial charge on any atom is 0.282 e. The molecule has 2 heterocycles. The number of amides is 3. The first-order valence-corrected chi connectivity index (χ1v) is 7.84. The molecule has 1 saturated heterocycles. The van der Waals surface area contributed by atoms with Gasteiger partial charge in [0.25, 0.3) is 11.1 Å². The van der Waals surface area contributed by atoms with Gasteiger partial charge in [-0.1, -0.05) is 11.8 Å². The molecular weight excluding hydrogens is 306 g/mol. The van der Waals surface area contributed by atoms with Crippen LogP contribution in [0.1, 0.15) is 6.92 Å². The average molecular weight is 321 g/mol. The first-order chi connectivity index (χ1) is 10.5. The second kappa shape index (κ2) is 5.88. The van der Waals surface area contributed by atoms with Gasteiger partial charge in [-0.25, -0.2) is 0 Å². The van der Waals surface area contributed by atoms with Crippen LogP contribution in [0.5, 0.6) is 5.75 Å². The Labute approximate surface area is 131 Å². The molecule has 22 heavy (non-hydrogen) atoms. The third-order valence-corrected chi connectivity index (χ3v) is 4.27. The van der Waals surface area contributed by atoms with Gasteiger partial charge in [0, 0.05) is 18.0 Å². The van der Waals surface area contributed by atoms with E-state index in [1.54, 1.807) is 25.1 Å².